The van der Waals surface area contributed by atoms with Crippen LogP contribution in [0.1, 0.15) is 44.7 Å². The molecule has 1 aliphatic heterocycles. The number of rotatable bonds is 3. The minimum absolute atomic E-state index is 0.126. The van der Waals surface area contributed by atoms with E-state index in [0.29, 0.717) is 11.1 Å². The second-order valence-electron chi connectivity index (χ2n) is 5.76. The van der Waals surface area contributed by atoms with Crippen LogP contribution in [-0.4, -0.2) is 32.7 Å². The predicted molar refractivity (Wildman–Crippen MR) is 79.6 cm³/mol. The van der Waals surface area contributed by atoms with Crippen molar-refractivity contribution in [2.75, 3.05) is 11.5 Å². The molecular formula is C13H20N2O2S2. The van der Waals surface area contributed by atoms with Gasteiger partial charge < -0.3 is 4.52 Å². The zero-order chi connectivity index (χ0) is 14.0. The Morgan fingerprint density at radius 1 is 1.37 bits per heavy atom. The lowest BCUT2D eigenvalue weighted by Crippen LogP contribution is -2.22. The number of carbonyl (C=O) groups is 1. The van der Waals surface area contributed by atoms with Crippen molar-refractivity contribution < 1.29 is 9.32 Å². The smallest absolute Gasteiger partial charge is 0.234 e. The molecule has 1 fully saturated rings. The predicted octanol–water partition coefficient (Wildman–Crippen LogP) is 3.14. The van der Waals surface area contributed by atoms with Crippen molar-refractivity contribution in [3.8, 4) is 0 Å². The molecule has 0 aromatic carbocycles. The van der Waals surface area contributed by atoms with Gasteiger partial charge in [-0.2, -0.15) is 16.7 Å². The highest BCUT2D eigenvalue weighted by Crippen LogP contribution is 2.41. The number of carbonyl (C=O) groups excluding carboxylic acids is 1. The summed E-state index contributed by atoms with van der Waals surface area (Å²) in [4.78, 5) is 16.4. The fourth-order valence-electron chi connectivity index (χ4n) is 1.77. The maximum Gasteiger partial charge on any atom is 0.234 e. The van der Waals surface area contributed by atoms with Crippen molar-refractivity contribution in [3.05, 3.63) is 11.7 Å². The van der Waals surface area contributed by atoms with Crippen molar-refractivity contribution in [2.24, 2.45) is 5.41 Å². The summed E-state index contributed by atoms with van der Waals surface area (Å²) in [5.41, 5.74) is -0.364. The fourth-order valence-corrected chi connectivity index (χ4v) is 4.45. The molecule has 0 saturated carbocycles. The molecule has 1 saturated heterocycles. The van der Waals surface area contributed by atoms with E-state index in [1.54, 1.807) is 0 Å². The third-order valence-electron chi connectivity index (χ3n) is 3.07. The molecule has 19 heavy (non-hydrogen) atoms. The Kier molecular flexibility index (Phi) is 4.61. The molecule has 2 unspecified atom stereocenters. The van der Waals surface area contributed by atoms with E-state index in [4.69, 9.17) is 4.52 Å². The minimum Gasteiger partial charge on any atom is -0.339 e. The van der Waals surface area contributed by atoms with Crippen LogP contribution in [0.2, 0.25) is 0 Å². The van der Waals surface area contributed by atoms with E-state index in [0.717, 1.165) is 11.6 Å². The third-order valence-corrected chi connectivity index (χ3v) is 6.16. The van der Waals surface area contributed by atoms with Gasteiger partial charge in [0.05, 0.1) is 11.7 Å². The molecule has 0 N–H and O–H groups in total. The number of thioether (sulfide) groups is 2. The molecule has 0 radical (unpaired) electrons. The van der Waals surface area contributed by atoms with Crippen molar-refractivity contribution in [1.29, 1.82) is 0 Å². The van der Waals surface area contributed by atoms with Gasteiger partial charge in [-0.15, -0.1) is 11.8 Å². The van der Waals surface area contributed by atoms with Gasteiger partial charge in [0.1, 0.15) is 5.78 Å². The Bertz CT molecular complexity index is 454. The summed E-state index contributed by atoms with van der Waals surface area (Å²) in [5, 5.41) is 4.82. The largest absolute Gasteiger partial charge is 0.339 e. The molecule has 1 aromatic rings. The van der Waals surface area contributed by atoms with Gasteiger partial charge in [-0.1, -0.05) is 32.9 Å². The lowest BCUT2D eigenvalue weighted by Gasteiger charge is -2.24. The summed E-state index contributed by atoms with van der Waals surface area (Å²) >= 11 is 3.81. The van der Waals surface area contributed by atoms with Crippen LogP contribution < -0.4 is 0 Å². The topological polar surface area (TPSA) is 56.0 Å². The van der Waals surface area contributed by atoms with Crippen LogP contribution in [0.4, 0.5) is 0 Å². The Balaban J connectivity index is 2.04. The molecule has 106 valence electrons. The third kappa shape index (κ3) is 3.75. The molecule has 0 spiro atoms. The number of hydrogen-bond acceptors (Lipinski definition) is 6. The van der Waals surface area contributed by atoms with Gasteiger partial charge in [-0.3, -0.25) is 4.79 Å². The highest BCUT2D eigenvalue weighted by atomic mass is 32.2. The van der Waals surface area contributed by atoms with Gasteiger partial charge in [0, 0.05) is 22.2 Å². The molecule has 2 rings (SSSR count). The Labute approximate surface area is 122 Å². The summed E-state index contributed by atoms with van der Waals surface area (Å²) in [6.07, 6.45) is 0.232. The lowest BCUT2D eigenvalue weighted by atomic mass is 9.89. The zero-order valence-corrected chi connectivity index (χ0v) is 13.4. The molecule has 1 aromatic heterocycles. The first-order chi connectivity index (χ1) is 8.88. The van der Waals surface area contributed by atoms with E-state index < -0.39 is 0 Å². The molecular weight excluding hydrogens is 280 g/mol. The van der Waals surface area contributed by atoms with E-state index in [9.17, 15) is 4.79 Å². The summed E-state index contributed by atoms with van der Waals surface area (Å²) < 4.78 is 5.23. The fraction of sp³-hybridized carbons (Fsp3) is 0.769. The first-order valence-electron chi connectivity index (χ1n) is 6.47. The summed E-state index contributed by atoms with van der Waals surface area (Å²) in [5.74, 6) is 3.60. The van der Waals surface area contributed by atoms with Crippen molar-refractivity contribution in [3.63, 3.8) is 0 Å². The molecule has 4 nitrogen and oxygen atoms in total. The molecule has 1 aliphatic rings. The molecule has 2 atom stereocenters. The Morgan fingerprint density at radius 2 is 2.05 bits per heavy atom. The van der Waals surface area contributed by atoms with Gasteiger partial charge >= 0.3 is 0 Å². The molecule has 0 bridgehead atoms. The summed E-state index contributed by atoms with van der Waals surface area (Å²) in [6, 6.07) is 0. The van der Waals surface area contributed by atoms with Gasteiger partial charge in [-0.05, 0) is 0 Å². The van der Waals surface area contributed by atoms with Crippen LogP contribution in [0.15, 0.2) is 4.52 Å². The van der Waals surface area contributed by atoms with Gasteiger partial charge in [0.15, 0.2) is 5.82 Å². The van der Waals surface area contributed by atoms with E-state index in [2.05, 4.69) is 17.1 Å². The zero-order valence-electron chi connectivity index (χ0n) is 11.8. The van der Waals surface area contributed by atoms with Crippen LogP contribution in [0, 0.1) is 5.41 Å². The first-order valence-corrected chi connectivity index (χ1v) is 8.56. The SMILES string of the molecule is CC1SCCSC1c1noc(CC(=O)C(C)(C)C)n1. The summed E-state index contributed by atoms with van der Waals surface area (Å²) in [6.45, 7) is 7.91. The van der Waals surface area contributed by atoms with E-state index in [1.165, 1.54) is 5.75 Å². The van der Waals surface area contributed by atoms with Crippen LogP contribution in [0.3, 0.4) is 0 Å². The second kappa shape index (κ2) is 5.87. The number of Topliss-reactive ketones (excluding diaryl/α,β-unsaturated/α-hetero) is 1. The highest BCUT2D eigenvalue weighted by Gasteiger charge is 2.29. The van der Waals surface area contributed by atoms with Crippen LogP contribution in [0.25, 0.3) is 0 Å². The maximum atomic E-state index is 11.9. The highest BCUT2D eigenvalue weighted by molar-refractivity contribution is 8.06. The molecule has 0 amide bonds. The second-order valence-corrected chi connectivity index (χ2v) is 8.50. The average molecular weight is 300 g/mol. The lowest BCUT2D eigenvalue weighted by molar-refractivity contribution is -0.125. The number of aromatic nitrogens is 2. The van der Waals surface area contributed by atoms with Gasteiger partial charge in [0.2, 0.25) is 5.89 Å². The van der Waals surface area contributed by atoms with Crippen molar-refractivity contribution in [1.82, 2.24) is 10.1 Å². The molecule has 6 heteroatoms. The minimum atomic E-state index is -0.364. The van der Waals surface area contributed by atoms with Crippen LogP contribution in [0.5, 0.6) is 0 Å². The maximum absolute atomic E-state index is 11.9. The van der Waals surface area contributed by atoms with Gasteiger partial charge in [-0.25, -0.2) is 0 Å². The van der Waals surface area contributed by atoms with E-state index in [-0.39, 0.29) is 22.9 Å². The normalized spacial score (nSPS) is 24.4. The van der Waals surface area contributed by atoms with Crippen LogP contribution in [-0.2, 0) is 11.2 Å². The van der Waals surface area contributed by atoms with Gasteiger partial charge in [0.25, 0.3) is 0 Å². The Hall–Kier alpha value is -0.490. The van der Waals surface area contributed by atoms with Crippen LogP contribution >= 0.6 is 23.5 Å². The van der Waals surface area contributed by atoms with E-state index in [1.807, 2.05) is 44.3 Å². The average Bonchev–Trinajstić information content (AvgIpc) is 2.76. The van der Waals surface area contributed by atoms with Crippen molar-refractivity contribution in [2.45, 2.75) is 44.6 Å². The molecule has 0 aliphatic carbocycles. The summed E-state index contributed by atoms with van der Waals surface area (Å²) in [7, 11) is 0. The number of nitrogens with zero attached hydrogens (tertiary/aromatic N) is 2. The van der Waals surface area contributed by atoms with E-state index >= 15 is 0 Å². The molecule has 2 heterocycles. The number of hydrogen-bond donors (Lipinski definition) is 0. The number of ketones is 1. The quantitative estimate of drug-likeness (QED) is 0.855. The Morgan fingerprint density at radius 3 is 2.68 bits per heavy atom. The standard InChI is InChI=1S/C13H20N2O2S2/c1-8-11(19-6-5-18-8)12-14-10(17-15-12)7-9(16)13(2,3)4/h8,11H,5-7H2,1-4H3. The van der Waals surface area contributed by atoms with Crippen molar-refractivity contribution >= 4 is 29.3 Å². The first kappa shape index (κ1) is 14.9. The monoisotopic (exact) mass is 300 g/mol.